The molecule has 10 heavy (non-hydrogen) atoms. The molecule has 0 saturated carbocycles. The summed E-state index contributed by atoms with van der Waals surface area (Å²) in [5.41, 5.74) is 0. The lowest BCUT2D eigenvalue weighted by Gasteiger charge is -2.12. The summed E-state index contributed by atoms with van der Waals surface area (Å²) in [4.78, 5) is 13.9. The van der Waals surface area contributed by atoms with Crippen LogP contribution in [0.15, 0.2) is 4.99 Å². The van der Waals surface area contributed by atoms with Gasteiger partial charge >= 0.3 is 5.97 Å². The van der Waals surface area contributed by atoms with Gasteiger partial charge in [0.15, 0.2) is 0 Å². The number of carboxylic acid groups (broad SMARTS) is 1. The molecule has 0 aliphatic carbocycles. The fourth-order valence-corrected chi connectivity index (χ4v) is 0.725. The van der Waals surface area contributed by atoms with Crippen LogP contribution in [0.2, 0.25) is 0 Å². The van der Waals surface area contributed by atoms with E-state index in [4.69, 9.17) is 5.11 Å². The van der Waals surface area contributed by atoms with Crippen LogP contribution in [-0.4, -0.2) is 23.8 Å². The Morgan fingerprint density at radius 3 is 2.40 bits per heavy atom. The Bertz CT molecular complexity index is 134. The standard InChI is InChI=1S/C7H13NO2/c1-4-5(2)6(8-3)7(9)10/h5-6H,3-4H2,1-2H3,(H,9,10). The number of aliphatic imine (C=N–C) groups is 1. The van der Waals surface area contributed by atoms with Gasteiger partial charge in [0.05, 0.1) is 0 Å². The van der Waals surface area contributed by atoms with Crippen molar-refractivity contribution in [1.82, 2.24) is 0 Å². The van der Waals surface area contributed by atoms with E-state index in [0.29, 0.717) is 0 Å². The van der Waals surface area contributed by atoms with Crippen LogP contribution in [0, 0.1) is 5.92 Å². The number of hydrogen-bond acceptors (Lipinski definition) is 2. The van der Waals surface area contributed by atoms with E-state index in [-0.39, 0.29) is 5.92 Å². The van der Waals surface area contributed by atoms with Gasteiger partial charge in [-0.1, -0.05) is 20.3 Å². The summed E-state index contributed by atoms with van der Waals surface area (Å²) in [7, 11) is 0. The first kappa shape index (κ1) is 9.14. The maximum Gasteiger partial charge on any atom is 0.328 e. The summed E-state index contributed by atoms with van der Waals surface area (Å²) < 4.78 is 0. The van der Waals surface area contributed by atoms with Crippen molar-refractivity contribution in [3.63, 3.8) is 0 Å². The number of rotatable bonds is 4. The maximum absolute atomic E-state index is 10.4. The third kappa shape index (κ3) is 2.17. The van der Waals surface area contributed by atoms with Gasteiger partial charge in [-0.2, -0.15) is 0 Å². The van der Waals surface area contributed by atoms with Gasteiger partial charge in [-0.25, -0.2) is 4.79 Å². The first-order valence-electron chi connectivity index (χ1n) is 3.32. The molecule has 2 atom stereocenters. The van der Waals surface area contributed by atoms with Crippen molar-refractivity contribution in [3.8, 4) is 0 Å². The minimum absolute atomic E-state index is 0.0787. The van der Waals surface area contributed by atoms with E-state index < -0.39 is 12.0 Å². The second-order valence-electron chi connectivity index (χ2n) is 2.35. The Morgan fingerprint density at radius 2 is 2.30 bits per heavy atom. The first-order valence-corrected chi connectivity index (χ1v) is 3.32. The van der Waals surface area contributed by atoms with Crippen LogP contribution in [0.1, 0.15) is 20.3 Å². The fraction of sp³-hybridized carbons (Fsp3) is 0.714. The lowest BCUT2D eigenvalue weighted by Crippen LogP contribution is -2.24. The van der Waals surface area contributed by atoms with E-state index in [0.717, 1.165) is 6.42 Å². The minimum atomic E-state index is -0.885. The van der Waals surface area contributed by atoms with E-state index in [2.05, 4.69) is 11.7 Å². The molecule has 0 aromatic rings. The molecule has 0 heterocycles. The minimum Gasteiger partial charge on any atom is -0.480 e. The lowest BCUT2D eigenvalue weighted by atomic mass is 10.0. The highest BCUT2D eigenvalue weighted by molar-refractivity contribution is 5.74. The molecule has 0 aromatic carbocycles. The molecule has 0 rings (SSSR count). The van der Waals surface area contributed by atoms with Crippen molar-refractivity contribution in [3.05, 3.63) is 0 Å². The molecule has 0 radical (unpaired) electrons. The van der Waals surface area contributed by atoms with Crippen LogP contribution < -0.4 is 0 Å². The second kappa shape index (κ2) is 4.04. The predicted octanol–water partition coefficient (Wildman–Crippen LogP) is 1.19. The van der Waals surface area contributed by atoms with E-state index >= 15 is 0 Å². The van der Waals surface area contributed by atoms with Gasteiger partial charge in [-0.05, 0) is 12.6 Å². The number of carboxylic acids is 1. The Balaban J connectivity index is 4.05. The van der Waals surface area contributed by atoms with Gasteiger partial charge in [0.25, 0.3) is 0 Å². The molecule has 0 fully saturated rings. The number of nitrogens with zero attached hydrogens (tertiary/aromatic N) is 1. The van der Waals surface area contributed by atoms with Crippen LogP contribution in [0.4, 0.5) is 0 Å². The smallest absolute Gasteiger partial charge is 0.328 e. The van der Waals surface area contributed by atoms with Crippen molar-refractivity contribution < 1.29 is 9.90 Å². The first-order chi connectivity index (χ1) is 4.63. The van der Waals surface area contributed by atoms with Crippen LogP contribution in [0.25, 0.3) is 0 Å². The average Bonchev–Trinajstić information content (AvgIpc) is 1.88. The third-order valence-electron chi connectivity index (χ3n) is 1.63. The summed E-state index contributed by atoms with van der Waals surface area (Å²) in [5, 5.41) is 8.54. The summed E-state index contributed by atoms with van der Waals surface area (Å²) in [6, 6.07) is -0.634. The van der Waals surface area contributed by atoms with E-state index in [1.54, 1.807) is 0 Å². The average molecular weight is 143 g/mol. The van der Waals surface area contributed by atoms with Crippen molar-refractivity contribution in [2.45, 2.75) is 26.3 Å². The maximum atomic E-state index is 10.4. The van der Waals surface area contributed by atoms with Crippen LogP contribution in [-0.2, 0) is 4.79 Å². The molecule has 3 heteroatoms. The molecule has 2 unspecified atom stereocenters. The van der Waals surface area contributed by atoms with Gasteiger partial charge in [0.1, 0.15) is 6.04 Å². The Morgan fingerprint density at radius 1 is 1.80 bits per heavy atom. The topological polar surface area (TPSA) is 49.7 Å². The summed E-state index contributed by atoms with van der Waals surface area (Å²) in [6.07, 6.45) is 0.815. The van der Waals surface area contributed by atoms with E-state index in [9.17, 15) is 4.79 Å². The zero-order valence-corrected chi connectivity index (χ0v) is 6.37. The molecule has 58 valence electrons. The molecule has 0 aliphatic rings. The molecular weight excluding hydrogens is 130 g/mol. The molecule has 0 aromatic heterocycles. The molecular formula is C7H13NO2. The third-order valence-corrected chi connectivity index (χ3v) is 1.63. The summed E-state index contributed by atoms with van der Waals surface area (Å²) >= 11 is 0. The van der Waals surface area contributed by atoms with Crippen LogP contribution >= 0.6 is 0 Å². The molecule has 0 saturated heterocycles. The van der Waals surface area contributed by atoms with Gasteiger partial charge in [0.2, 0.25) is 0 Å². The van der Waals surface area contributed by atoms with Crippen LogP contribution in [0.3, 0.4) is 0 Å². The normalized spacial score (nSPS) is 15.8. The largest absolute Gasteiger partial charge is 0.480 e. The van der Waals surface area contributed by atoms with Gasteiger partial charge in [-0.15, -0.1) is 0 Å². The van der Waals surface area contributed by atoms with Crippen molar-refractivity contribution in [2.24, 2.45) is 10.9 Å². The zero-order valence-electron chi connectivity index (χ0n) is 6.37. The van der Waals surface area contributed by atoms with Crippen LogP contribution in [0.5, 0.6) is 0 Å². The van der Waals surface area contributed by atoms with Crippen molar-refractivity contribution in [1.29, 1.82) is 0 Å². The summed E-state index contributed by atoms with van der Waals surface area (Å²) in [6.45, 7) is 7.01. The van der Waals surface area contributed by atoms with Gasteiger partial charge in [0, 0.05) is 0 Å². The number of hydrogen-bond donors (Lipinski definition) is 1. The molecule has 0 spiro atoms. The highest BCUT2D eigenvalue weighted by Gasteiger charge is 2.20. The molecule has 0 bridgehead atoms. The van der Waals surface area contributed by atoms with Gasteiger partial charge in [-0.3, -0.25) is 4.99 Å². The predicted molar refractivity (Wildman–Crippen MR) is 40.4 cm³/mol. The quantitative estimate of drug-likeness (QED) is 0.601. The highest BCUT2D eigenvalue weighted by Crippen LogP contribution is 2.10. The molecule has 3 nitrogen and oxygen atoms in total. The summed E-state index contributed by atoms with van der Waals surface area (Å²) in [5.74, 6) is -0.806. The van der Waals surface area contributed by atoms with Gasteiger partial charge < -0.3 is 5.11 Å². The number of carbonyl (C=O) groups is 1. The monoisotopic (exact) mass is 143 g/mol. The highest BCUT2D eigenvalue weighted by atomic mass is 16.4. The van der Waals surface area contributed by atoms with E-state index in [1.807, 2.05) is 13.8 Å². The Labute approximate surface area is 60.8 Å². The lowest BCUT2D eigenvalue weighted by molar-refractivity contribution is -0.139. The van der Waals surface area contributed by atoms with Crippen molar-refractivity contribution in [2.75, 3.05) is 0 Å². The SMILES string of the molecule is C=NC(C(=O)O)C(C)CC. The Kier molecular flexibility index (Phi) is 3.69. The van der Waals surface area contributed by atoms with E-state index in [1.165, 1.54) is 0 Å². The fourth-order valence-electron chi connectivity index (χ4n) is 0.725. The second-order valence-corrected chi connectivity index (χ2v) is 2.35. The molecule has 1 N–H and O–H groups in total. The molecule has 0 aliphatic heterocycles. The Hall–Kier alpha value is -0.860. The van der Waals surface area contributed by atoms with Crippen molar-refractivity contribution >= 4 is 12.7 Å². The number of aliphatic carboxylic acids is 1. The molecule has 0 amide bonds. The zero-order chi connectivity index (χ0) is 8.15.